The molecule has 0 aromatic heterocycles. The molecular weight excluding hydrogens is 258 g/mol. The second-order valence-corrected chi connectivity index (χ2v) is 5.13. The fourth-order valence-corrected chi connectivity index (χ4v) is 2.15. The first kappa shape index (κ1) is 14.2. The van der Waals surface area contributed by atoms with Crippen molar-refractivity contribution in [3.8, 4) is 5.75 Å². The molecule has 1 aliphatic rings. The van der Waals surface area contributed by atoms with Crippen molar-refractivity contribution in [2.45, 2.75) is 19.4 Å². The van der Waals surface area contributed by atoms with Crippen molar-refractivity contribution >= 4 is 17.6 Å². The van der Waals surface area contributed by atoms with E-state index in [2.05, 4.69) is 10.6 Å². The maximum absolute atomic E-state index is 12.3. The number of rotatable bonds is 2. The van der Waals surface area contributed by atoms with Gasteiger partial charge in [-0.2, -0.15) is 0 Å². The van der Waals surface area contributed by atoms with Gasteiger partial charge in [-0.05, 0) is 26.0 Å². The Kier molecular flexibility index (Phi) is 3.83. The number of anilines is 1. The summed E-state index contributed by atoms with van der Waals surface area (Å²) in [5.74, 6) is 0.517. The maximum atomic E-state index is 12.3. The van der Waals surface area contributed by atoms with E-state index in [9.17, 15) is 9.59 Å². The van der Waals surface area contributed by atoms with Gasteiger partial charge in [0.25, 0.3) is 0 Å². The molecule has 2 N–H and O–H groups in total. The molecule has 3 amide bonds. The Balaban J connectivity index is 2.13. The molecular formula is C14H19N3O3. The van der Waals surface area contributed by atoms with Gasteiger partial charge in [0, 0.05) is 24.8 Å². The van der Waals surface area contributed by atoms with Crippen LogP contribution in [0.25, 0.3) is 0 Å². The summed E-state index contributed by atoms with van der Waals surface area (Å²) in [5.41, 5.74) is -0.225. The lowest BCUT2D eigenvalue weighted by molar-refractivity contribution is -0.132. The number of ether oxygens (including phenoxy) is 1. The summed E-state index contributed by atoms with van der Waals surface area (Å²) in [5, 5.41) is 5.55. The molecule has 2 rings (SSSR count). The predicted molar refractivity (Wildman–Crippen MR) is 75.8 cm³/mol. The number of urea groups is 1. The normalized spacial score (nSPS) is 17.4. The molecule has 20 heavy (non-hydrogen) atoms. The quantitative estimate of drug-likeness (QED) is 0.859. The predicted octanol–water partition coefficient (Wildman–Crippen LogP) is 1.44. The molecule has 108 valence electrons. The SMILES string of the molecule is COc1cccc(NC(=O)N2CCNC(=O)C2(C)C)c1. The zero-order chi connectivity index (χ0) is 14.8. The van der Waals surface area contributed by atoms with Gasteiger partial charge in [0.15, 0.2) is 0 Å². The third-order valence-electron chi connectivity index (χ3n) is 3.42. The van der Waals surface area contributed by atoms with Crippen molar-refractivity contribution < 1.29 is 14.3 Å². The van der Waals surface area contributed by atoms with Crippen LogP contribution in [0, 0.1) is 0 Å². The van der Waals surface area contributed by atoms with Gasteiger partial charge in [0.2, 0.25) is 5.91 Å². The minimum Gasteiger partial charge on any atom is -0.497 e. The van der Waals surface area contributed by atoms with E-state index < -0.39 is 5.54 Å². The first-order chi connectivity index (χ1) is 9.45. The number of nitrogens with zero attached hydrogens (tertiary/aromatic N) is 1. The number of hydrogen-bond acceptors (Lipinski definition) is 3. The Bertz CT molecular complexity index is 528. The highest BCUT2D eigenvalue weighted by molar-refractivity contribution is 5.96. The highest BCUT2D eigenvalue weighted by Crippen LogP contribution is 2.21. The first-order valence-electron chi connectivity index (χ1n) is 6.46. The fraction of sp³-hybridized carbons (Fsp3) is 0.429. The third kappa shape index (κ3) is 2.68. The molecule has 1 fully saturated rings. The second kappa shape index (κ2) is 5.40. The molecule has 1 aromatic carbocycles. The van der Waals surface area contributed by atoms with Crippen LogP contribution in [0.2, 0.25) is 0 Å². The van der Waals surface area contributed by atoms with Crippen LogP contribution in [0.3, 0.4) is 0 Å². The monoisotopic (exact) mass is 277 g/mol. The van der Waals surface area contributed by atoms with E-state index in [0.29, 0.717) is 24.5 Å². The highest BCUT2D eigenvalue weighted by atomic mass is 16.5. The Morgan fingerprint density at radius 1 is 1.45 bits per heavy atom. The van der Waals surface area contributed by atoms with Gasteiger partial charge in [-0.3, -0.25) is 4.79 Å². The Hall–Kier alpha value is -2.24. The molecule has 0 saturated carbocycles. The molecule has 1 aliphatic heterocycles. The number of amides is 3. The van der Waals surface area contributed by atoms with Crippen molar-refractivity contribution in [1.29, 1.82) is 0 Å². The van der Waals surface area contributed by atoms with E-state index >= 15 is 0 Å². The van der Waals surface area contributed by atoms with Gasteiger partial charge in [-0.1, -0.05) is 6.07 Å². The summed E-state index contributed by atoms with van der Waals surface area (Å²) in [6, 6.07) is 6.81. The van der Waals surface area contributed by atoms with Gasteiger partial charge < -0.3 is 20.3 Å². The van der Waals surface area contributed by atoms with Gasteiger partial charge in [0.05, 0.1) is 7.11 Å². The number of methoxy groups -OCH3 is 1. The largest absolute Gasteiger partial charge is 0.497 e. The highest BCUT2D eigenvalue weighted by Gasteiger charge is 2.40. The zero-order valence-electron chi connectivity index (χ0n) is 11.9. The molecule has 1 saturated heterocycles. The molecule has 0 aliphatic carbocycles. The zero-order valence-corrected chi connectivity index (χ0v) is 11.9. The average Bonchev–Trinajstić information content (AvgIpc) is 2.42. The number of carbonyl (C=O) groups excluding carboxylic acids is 2. The van der Waals surface area contributed by atoms with Gasteiger partial charge >= 0.3 is 6.03 Å². The van der Waals surface area contributed by atoms with Crippen molar-refractivity contribution in [2.24, 2.45) is 0 Å². The number of carbonyl (C=O) groups is 2. The summed E-state index contributed by atoms with van der Waals surface area (Å²) in [6.07, 6.45) is 0. The fourth-order valence-electron chi connectivity index (χ4n) is 2.15. The molecule has 0 atom stereocenters. The topological polar surface area (TPSA) is 70.7 Å². The lowest BCUT2D eigenvalue weighted by Crippen LogP contribution is -2.64. The van der Waals surface area contributed by atoms with Crippen LogP contribution in [0.5, 0.6) is 5.75 Å². The molecule has 0 bridgehead atoms. The molecule has 6 nitrogen and oxygen atoms in total. The van der Waals surface area contributed by atoms with E-state index in [1.807, 2.05) is 0 Å². The summed E-state index contributed by atoms with van der Waals surface area (Å²) in [7, 11) is 1.57. The Labute approximate surface area is 118 Å². The maximum Gasteiger partial charge on any atom is 0.322 e. The Morgan fingerprint density at radius 3 is 2.90 bits per heavy atom. The smallest absolute Gasteiger partial charge is 0.322 e. The first-order valence-corrected chi connectivity index (χ1v) is 6.46. The number of benzene rings is 1. The molecule has 1 heterocycles. The summed E-state index contributed by atoms with van der Waals surface area (Å²) in [4.78, 5) is 25.7. The number of piperazine rings is 1. The van der Waals surface area contributed by atoms with Crippen molar-refractivity contribution in [3.05, 3.63) is 24.3 Å². The number of nitrogens with one attached hydrogen (secondary N) is 2. The van der Waals surface area contributed by atoms with Crippen molar-refractivity contribution in [2.75, 3.05) is 25.5 Å². The summed E-state index contributed by atoms with van der Waals surface area (Å²) < 4.78 is 5.11. The standard InChI is InChI=1S/C14H19N3O3/c1-14(2)12(18)15-7-8-17(14)13(19)16-10-5-4-6-11(9-10)20-3/h4-6,9H,7-8H2,1-3H3,(H,15,18)(H,16,19). The van der Waals surface area contributed by atoms with Crippen LogP contribution in [-0.2, 0) is 4.79 Å². The molecule has 0 radical (unpaired) electrons. The van der Waals surface area contributed by atoms with Crippen molar-refractivity contribution in [3.63, 3.8) is 0 Å². The third-order valence-corrected chi connectivity index (χ3v) is 3.42. The molecule has 1 aromatic rings. The van der Waals surface area contributed by atoms with Crippen LogP contribution >= 0.6 is 0 Å². The van der Waals surface area contributed by atoms with Crippen LogP contribution < -0.4 is 15.4 Å². The van der Waals surface area contributed by atoms with E-state index in [4.69, 9.17) is 4.74 Å². The van der Waals surface area contributed by atoms with E-state index in [-0.39, 0.29) is 11.9 Å². The number of hydrogen-bond donors (Lipinski definition) is 2. The van der Waals surface area contributed by atoms with E-state index in [1.165, 1.54) is 4.90 Å². The summed E-state index contributed by atoms with van der Waals surface area (Å²) in [6.45, 7) is 4.40. The van der Waals surface area contributed by atoms with Crippen LogP contribution in [0.1, 0.15) is 13.8 Å². The minimum atomic E-state index is -0.860. The lowest BCUT2D eigenvalue weighted by Gasteiger charge is -2.40. The van der Waals surface area contributed by atoms with E-state index in [0.717, 1.165) is 0 Å². The average molecular weight is 277 g/mol. The minimum absolute atomic E-state index is 0.149. The van der Waals surface area contributed by atoms with Gasteiger partial charge in [0.1, 0.15) is 11.3 Å². The Morgan fingerprint density at radius 2 is 2.20 bits per heavy atom. The van der Waals surface area contributed by atoms with Crippen LogP contribution in [-0.4, -0.2) is 42.6 Å². The molecule has 0 spiro atoms. The lowest BCUT2D eigenvalue weighted by atomic mass is 9.99. The van der Waals surface area contributed by atoms with Crippen LogP contribution in [0.4, 0.5) is 10.5 Å². The second-order valence-electron chi connectivity index (χ2n) is 5.13. The van der Waals surface area contributed by atoms with Crippen LogP contribution in [0.15, 0.2) is 24.3 Å². The van der Waals surface area contributed by atoms with E-state index in [1.54, 1.807) is 45.2 Å². The molecule has 6 heteroatoms. The van der Waals surface area contributed by atoms with Crippen molar-refractivity contribution in [1.82, 2.24) is 10.2 Å². The summed E-state index contributed by atoms with van der Waals surface area (Å²) >= 11 is 0. The van der Waals surface area contributed by atoms with Gasteiger partial charge in [-0.25, -0.2) is 4.79 Å². The van der Waals surface area contributed by atoms with Gasteiger partial charge in [-0.15, -0.1) is 0 Å². The molecule has 0 unspecified atom stereocenters.